The van der Waals surface area contributed by atoms with E-state index in [1.165, 1.54) is 24.3 Å². The number of rotatable bonds is 6. The molecule has 1 rings (SSSR count). The second kappa shape index (κ2) is 6.19. The molecule has 0 aromatic heterocycles. The smallest absolute Gasteiger partial charge is 0.312 e. The molecule has 1 aromatic rings. The Morgan fingerprint density at radius 3 is 2.28 bits per heavy atom. The minimum absolute atomic E-state index is 0.0577. The number of nitrogen functional groups attached to an aromatic ring is 1. The number of urea groups is 1. The second-order valence-corrected chi connectivity index (χ2v) is 5.12. The van der Waals surface area contributed by atoms with E-state index in [2.05, 4.69) is 15.5 Å². The largest absolute Gasteiger partial charge is 0.352 e. The Labute approximate surface area is 105 Å². The van der Waals surface area contributed by atoms with E-state index in [-0.39, 0.29) is 18.0 Å². The van der Waals surface area contributed by atoms with Gasteiger partial charge in [-0.15, -0.1) is 0 Å². The Morgan fingerprint density at radius 2 is 1.78 bits per heavy atom. The number of amides is 2. The van der Waals surface area contributed by atoms with Crippen molar-refractivity contribution in [3.05, 3.63) is 24.3 Å². The molecule has 0 saturated carbocycles. The summed E-state index contributed by atoms with van der Waals surface area (Å²) in [4.78, 5) is 10.5. The van der Waals surface area contributed by atoms with Gasteiger partial charge >= 0.3 is 6.03 Å². The van der Waals surface area contributed by atoms with Crippen LogP contribution in [0.1, 0.15) is 0 Å². The number of sulfonamides is 1. The summed E-state index contributed by atoms with van der Waals surface area (Å²) < 4.78 is 25.9. The number of benzene rings is 1. The van der Waals surface area contributed by atoms with E-state index in [4.69, 9.17) is 11.6 Å². The first-order valence-corrected chi connectivity index (χ1v) is 6.53. The van der Waals surface area contributed by atoms with Crippen molar-refractivity contribution < 1.29 is 13.2 Å². The maximum atomic E-state index is 11.8. The van der Waals surface area contributed by atoms with Gasteiger partial charge in [0.25, 0.3) is 0 Å². The zero-order valence-corrected chi connectivity index (χ0v) is 10.3. The quantitative estimate of drug-likeness (QED) is 0.255. The van der Waals surface area contributed by atoms with E-state index in [0.29, 0.717) is 5.69 Å². The maximum absolute atomic E-state index is 11.8. The molecule has 0 saturated heterocycles. The molecule has 0 unspecified atom stereocenters. The Bertz CT molecular complexity index is 499. The molecule has 100 valence electrons. The minimum Gasteiger partial charge on any atom is -0.352 e. The van der Waals surface area contributed by atoms with Gasteiger partial charge in [0.15, 0.2) is 0 Å². The van der Waals surface area contributed by atoms with Crippen LogP contribution >= 0.6 is 0 Å². The van der Waals surface area contributed by atoms with Crippen LogP contribution in [-0.4, -0.2) is 27.5 Å². The number of anilines is 1. The molecule has 0 atom stereocenters. The third kappa shape index (κ3) is 4.20. The topological polar surface area (TPSA) is 139 Å². The van der Waals surface area contributed by atoms with Crippen molar-refractivity contribution in [2.75, 3.05) is 18.5 Å². The fourth-order valence-corrected chi connectivity index (χ4v) is 2.22. The molecule has 0 aliphatic rings. The Morgan fingerprint density at radius 1 is 1.17 bits per heavy atom. The van der Waals surface area contributed by atoms with Crippen LogP contribution in [0.4, 0.5) is 10.5 Å². The molecule has 0 aliphatic carbocycles. The van der Waals surface area contributed by atoms with Gasteiger partial charge in [0.1, 0.15) is 0 Å². The molecule has 0 aliphatic heterocycles. The first-order chi connectivity index (χ1) is 8.45. The van der Waals surface area contributed by atoms with Crippen molar-refractivity contribution >= 4 is 21.7 Å². The lowest BCUT2D eigenvalue weighted by molar-refractivity contribution is 0.249. The second-order valence-electron chi connectivity index (χ2n) is 3.36. The van der Waals surface area contributed by atoms with Crippen LogP contribution in [0.25, 0.3) is 0 Å². The summed E-state index contributed by atoms with van der Waals surface area (Å²) in [5.41, 5.74) is 7.83. The molecule has 7 N–H and O–H groups in total. The molecule has 0 heterocycles. The van der Waals surface area contributed by atoms with Crippen LogP contribution < -0.4 is 27.0 Å². The number of hydrogen-bond acceptors (Lipinski definition) is 5. The van der Waals surface area contributed by atoms with Gasteiger partial charge in [0, 0.05) is 18.8 Å². The predicted molar refractivity (Wildman–Crippen MR) is 67.0 cm³/mol. The maximum Gasteiger partial charge on any atom is 0.312 e. The van der Waals surface area contributed by atoms with Crippen molar-refractivity contribution in [3.8, 4) is 0 Å². The summed E-state index contributed by atoms with van der Waals surface area (Å²) in [6.07, 6.45) is 0. The first-order valence-electron chi connectivity index (χ1n) is 5.05. The number of hydrazine groups is 1. The highest BCUT2D eigenvalue weighted by molar-refractivity contribution is 7.89. The van der Waals surface area contributed by atoms with Gasteiger partial charge in [-0.1, -0.05) is 0 Å². The van der Waals surface area contributed by atoms with Crippen LogP contribution in [0.5, 0.6) is 0 Å². The molecule has 18 heavy (non-hydrogen) atoms. The van der Waals surface area contributed by atoms with E-state index in [0.717, 1.165) is 0 Å². The van der Waals surface area contributed by atoms with Gasteiger partial charge in [0.2, 0.25) is 10.0 Å². The summed E-state index contributed by atoms with van der Waals surface area (Å²) in [7, 11) is -3.59. The fraction of sp³-hybridized carbons (Fsp3) is 0.222. The van der Waals surface area contributed by atoms with Gasteiger partial charge in [-0.25, -0.2) is 17.9 Å². The summed E-state index contributed by atoms with van der Waals surface area (Å²) in [6.45, 7) is 0.180. The standard InChI is InChI=1S/C9H15N5O3S/c10-9(15)12-5-6-13-18(16,17)8-3-1-7(14-11)2-4-8/h1-4,13-14H,5-6,11H2,(H3,10,12,15). The molecular formula is C9H15N5O3S. The fourth-order valence-electron chi connectivity index (χ4n) is 1.18. The van der Waals surface area contributed by atoms with Gasteiger partial charge < -0.3 is 16.5 Å². The average molecular weight is 273 g/mol. The number of hydrogen-bond donors (Lipinski definition) is 5. The number of carbonyl (C=O) groups is 1. The molecule has 2 amide bonds. The lowest BCUT2D eigenvalue weighted by atomic mass is 10.3. The third-order valence-corrected chi connectivity index (χ3v) is 3.52. The molecule has 8 nitrogen and oxygen atoms in total. The van der Waals surface area contributed by atoms with Crippen LogP contribution in [0.15, 0.2) is 29.2 Å². The highest BCUT2D eigenvalue weighted by Crippen LogP contribution is 2.12. The van der Waals surface area contributed by atoms with Crippen LogP contribution in [0, 0.1) is 0 Å². The zero-order chi connectivity index (χ0) is 13.6. The van der Waals surface area contributed by atoms with Gasteiger partial charge in [-0.05, 0) is 24.3 Å². The predicted octanol–water partition coefficient (Wildman–Crippen LogP) is -1.08. The van der Waals surface area contributed by atoms with Crippen LogP contribution in [0.3, 0.4) is 0 Å². The van der Waals surface area contributed by atoms with Crippen molar-refractivity contribution in [2.45, 2.75) is 4.90 Å². The Hall–Kier alpha value is -1.84. The van der Waals surface area contributed by atoms with Crippen molar-refractivity contribution in [2.24, 2.45) is 11.6 Å². The highest BCUT2D eigenvalue weighted by Gasteiger charge is 2.12. The lowest BCUT2D eigenvalue weighted by Gasteiger charge is -2.07. The normalized spacial score (nSPS) is 10.9. The summed E-state index contributed by atoms with van der Waals surface area (Å²) >= 11 is 0. The van der Waals surface area contributed by atoms with Crippen LogP contribution in [-0.2, 0) is 10.0 Å². The SMILES string of the molecule is NNc1ccc(S(=O)(=O)NCCNC(N)=O)cc1. The van der Waals surface area contributed by atoms with Gasteiger partial charge in [-0.3, -0.25) is 5.84 Å². The lowest BCUT2D eigenvalue weighted by Crippen LogP contribution is -2.37. The molecule has 0 fully saturated rings. The zero-order valence-electron chi connectivity index (χ0n) is 9.51. The molecule has 0 bridgehead atoms. The monoisotopic (exact) mass is 273 g/mol. The van der Waals surface area contributed by atoms with Gasteiger partial charge in [-0.2, -0.15) is 0 Å². The van der Waals surface area contributed by atoms with Crippen molar-refractivity contribution in [3.63, 3.8) is 0 Å². The van der Waals surface area contributed by atoms with Gasteiger partial charge in [0.05, 0.1) is 4.90 Å². The molecular weight excluding hydrogens is 258 g/mol. The highest BCUT2D eigenvalue weighted by atomic mass is 32.2. The Balaban J connectivity index is 2.59. The molecule has 1 aromatic carbocycles. The number of nitrogens with two attached hydrogens (primary N) is 2. The van der Waals surface area contributed by atoms with E-state index in [9.17, 15) is 13.2 Å². The Kier molecular flexibility index (Phi) is 4.89. The van der Waals surface area contributed by atoms with Crippen molar-refractivity contribution in [1.82, 2.24) is 10.0 Å². The summed E-state index contributed by atoms with van der Waals surface area (Å²) in [5.74, 6) is 5.17. The van der Waals surface area contributed by atoms with E-state index < -0.39 is 16.1 Å². The van der Waals surface area contributed by atoms with E-state index in [1.54, 1.807) is 0 Å². The average Bonchev–Trinajstić information content (AvgIpc) is 2.34. The van der Waals surface area contributed by atoms with Crippen LogP contribution in [0.2, 0.25) is 0 Å². The third-order valence-electron chi connectivity index (χ3n) is 2.05. The molecule has 9 heteroatoms. The summed E-state index contributed by atoms with van der Waals surface area (Å²) in [6, 6.07) is 5.21. The number of nitrogens with one attached hydrogen (secondary N) is 3. The minimum atomic E-state index is -3.59. The van der Waals surface area contributed by atoms with E-state index in [1.807, 2.05) is 0 Å². The summed E-state index contributed by atoms with van der Waals surface area (Å²) in [5, 5.41) is 2.27. The molecule has 0 spiro atoms. The number of carbonyl (C=O) groups excluding carboxylic acids is 1. The van der Waals surface area contributed by atoms with Crippen molar-refractivity contribution in [1.29, 1.82) is 0 Å². The number of primary amides is 1. The first kappa shape index (κ1) is 14.2. The van der Waals surface area contributed by atoms with E-state index >= 15 is 0 Å². The molecule has 0 radical (unpaired) electrons.